The van der Waals surface area contributed by atoms with Crippen LogP contribution in [0.3, 0.4) is 0 Å². The van der Waals surface area contributed by atoms with Crippen molar-refractivity contribution in [2.24, 2.45) is 7.05 Å². The molecule has 6 rings (SSSR count). The topological polar surface area (TPSA) is 55.5 Å². The van der Waals surface area contributed by atoms with Crippen LogP contribution in [0.4, 0.5) is 0 Å². The fourth-order valence-corrected chi connectivity index (χ4v) is 6.49. The van der Waals surface area contributed by atoms with Gasteiger partial charge in [-0.1, -0.05) is 12.1 Å². The molecule has 5 aromatic rings. The lowest BCUT2D eigenvalue weighted by Crippen LogP contribution is -2.45. The average Bonchev–Trinajstić information content (AvgIpc) is 3.40. The Hall–Kier alpha value is -2.86. The van der Waals surface area contributed by atoms with Gasteiger partial charge in [-0.05, 0) is 61.1 Å². The Morgan fingerprint density at radius 3 is 2.49 bits per heavy atom. The first-order valence-corrected chi connectivity index (χ1v) is 16.4. The summed E-state index contributed by atoms with van der Waals surface area (Å²) in [6.45, 7) is 6.11. The third-order valence-corrected chi connectivity index (χ3v) is 9.21. The van der Waals surface area contributed by atoms with E-state index in [1.54, 1.807) is 11.6 Å². The number of likely N-dealkylation sites (N-methyl/N-ethyl adjacent to an activating group) is 1. The zero-order chi connectivity index (χ0) is 26.9. The molecule has 39 heavy (non-hydrogen) atoms. The van der Waals surface area contributed by atoms with E-state index in [9.17, 15) is 4.79 Å². The van der Waals surface area contributed by atoms with Crippen LogP contribution < -0.4 is 10.3 Å². The van der Waals surface area contributed by atoms with Crippen LogP contribution in [0, 0.1) is 0 Å². The molecular weight excluding hydrogens is 621 g/mol. The third kappa shape index (κ3) is 5.45. The van der Waals surface area contributed by atoms with Crippen LogP contribution in [0.1, 0.15) is 0 Å². The quantitative estimate of drug-likeness (QED) is 0.211. The summed E-state index contributed by atoms with van der Waals surface area (Å²) in [5, 5.41) is 2.02. The van der Waals surface area contributed by atoms with Gasteiger partial charge in [0.15, 0.2) is 0 Å². The van der Waals surface area contributed by atoms with Gasteiger partial charge in [0.1, 0.15) is 17.9 Å². The molecule has 1 aliphatic heterocycles. The van der Waals surface area contributed by atoms with Crippen LogP contribution >= 0.6 is 30.3 Å². The van der Waals surface area contributed by atoms with Crippen LogP contribution in [0.25, 0.3) is 44.2 Å². The number of hydrogen-bond acceptors (Lipinski definition) is 6. The van der Waals surface area contributed by atoms with Crippen molar-refractivity contribution in [3.63, 3.8) is 0 Å². The van der Waals surface area contributed by atoms with Crippen LogP contribution in [0.2, 0.25) is 0 Å². The smallest absolute Gasteiger partial charge is 0.275 e. The summed E-state index contributed by atoms with van der Waals surface area (Å²) in [6.07, 6.45) is 3.87. The summed E-state index contributed by atoms with van der Waals surface area (Å²) >= 11 is 2.20. The van der Waals surface area contributed by atoms with Gasteiger partial charge in [-0.3, -0.25) is 13.7 Å². The molecule has 0 bridgehead atoms. The highest BCUT2D eigenvalue weighted by molar-refractivity contribution is 14.2. The number of halogens is 1. The van der Waals surface area contributed by atoms with E-state index in [0.717, 1.165) is 77.1 Å². The molecule has 4 heterocycles. The minimum Gasteiger partial charge on any atom is -0.492 e. The molecule has 9 heteroatoms. The van der Waals surface area contributed by atoms with Crippen molar-refractivity contribution >= 4 is 52.1 Å². The molecule has 1 aliphatic rings. The van der Waals surface area contributed by atoms with Gasteiger partial charge >= 0.3 is 0 Å². The summed E-state index contributed by atoms with van der Waals surface area (Å²) in [6, 6.07) is 20.7. The molecule has 0 N–H and O–H groups in total. The minimum atomic E-state index is 0.00136. The summed E-state index contributed by atoms with van der Waals surface area (Å²) in [5.74, 6) is 0.886. The first kappa shape index (κ1) is 26.4. The number of benzene rings is 2. The number of aryl methyl sites for hydroxylation is 1. The molecule has 0 aliphatic carbocycles. The van der Waals surface area contributed by atoms with E-state index in [1.807, 2.05) is 34.6 Å². The van der Waals surface area contributed by atoms with E-state index in [-0.39, 0.29) is 5.56 Å². The van der Waals surface area contributed by atoms with Crippen molar-refractivity contribution in [3.05, 3.63) is 83.4 Å². The molecular formula is C30H30IN5O2S. The van der Waals surface area contributed by atoms with E-state index >= 15 is 0 Å². The standard InChI is InChI=1S/C30H30IN5O2S/c1-33-13-15-35(16-14-33)17-18-38-24-7-3-21(4-8-24)27-10-6-23-19-22(5-9-28(23)32-27)26-20-34(2)30(37)29-25(26)11-12-36(29)39-31/h3-12,19-20H,13-18H2,1-2H3. The summed E-state index contributed by atoms with van der Waals surface area (Å²) in [7, 11) is 5.48. The molecule has 3 aromatic heterocycles. The zero-order valence-electron chi connectivity index (χ0n) is 22.0. The van der Waals surface area contributed by atoms with E-state index < -0.39 is 0 Å². The summed E-state index contributed by atoms with van der Waals surface area (Å²) < 4.78 is 9.58. The number of rotatable bonds is 7. The lowest BCUT2D eigenvalue weighted by Gasteiger charge is -2.32. The highest BCUT2D eigenvalue weighted by Gasteiger charge is 2.15. The lowest BCUT2D eigenvalue weighted by molar-refractivity contribution is 0.134. The maximum absolute atomic E-state index is 12.8. The Morgan fingerprint density at radius 2 is 1.72 bits per heavy atom. The number of hydrogen-bond donors (Lipinski definition) is 0. The van der Waals surface area contributed by atoms with Crippen molar-refractivity contribution < 1.29 is 4.74 Å². The van der Waals surface area contributed by atoms with Gasteiger partial charge in [-0.15, -0.1) is 0 Å². The molecule has 0 saturated carbocycles. The molecule has 0 unspecified atom stereocenters. The van der Waals surface area contributed by atoms with Crippen LogP contribution in [-0.2, 0) is 7.05 Å². The monoisotopic (exact) mass is 651 g/mol. The van der Waals surface area contributed by atoms with E-state index in [1.165, 1.54) is 9.12 Å². The zero-order valence-corrected chi connectivity index (χ0v) is 25.0. The summed E-state index contributed by atoms with van der Waals surface area (Å²) in [5.41, 5.74) is 5.73. The van der Waals surface area contributed by atoms with E-state index in [4.69, 9.17) is 9.72 Å². The van der Waals surface area contributed by atoms with Gasteiger partial charge in [-0.25, -0.2) is 4.98 Å². The fraction of sp³-hybridized carbons (Fsp3) is 0.267. The molecule has 0 atom stereocenters. The number of pyridine rings is 2. The van der Waals surface area contributed by atoms with Gasteiger partial charge in [0.25, 0.3) is 5.56 Å². The molecule has 7 nitrogen and oxygen atoms in total. The summed E-state index contributed by atoms with van der Waals surface area (Å²) in [4.78, 5) is 22.6. The highest BCUT2D eigenvalue weighted by Crippen LogP contribution is 2.33. The van der Waals surface area contributed by atoms with E-state index in [0.29, 0.717) is 12.1 Å². The van der Waals surface area contributed by atoms with Gasteiger partial charge in [0, 0.05) is 104 Å². The molecule has 0 radical (unpaired) electrons. The second-order valence-electron chi connectivity index (χ2n) is 10.1. The van der Waals surface area contributed by atoms with Gasteiger partial charge in [0.2, 0.25) is 0 Å². The fourth-order valence-electron chi connectivity index (χ4n) is 5.16. The number of ether oxygens (including phenoxy) is 1. The highest BCUT2D eigenvalue weighted by atomic mass is 127. The van der Waals surface area contributed by atoms with Gasteiger partial charge in [-0.2, -0.15) is 0 Å². The Bertz CT molecular complexity index is 1690. The number of aromatic nitrogens is 3. The minimum absolute atomic E-state index is 0.00136. The normalized spacial score (nSPS) is 14.8. The van der Waals surface area contributed by atoms with Crippen LogP contribution in [0.5, 0.6) is 5.75 Å². The van der Waals surface area contributed by atoms with Crippen molar-refractivity contribution in [3.8, 4) is 28.1 Å². The van der Waals surface area contributed by atoms with Crippen LogP contribution in [0.15, 0.2) is 77.9 Å². The van der Waals surface area contributed by atoms with E-state index in [2.05, 4.69) is 80.5 Å². The average molecular weight is 652 g/mol. The third-order valence-electron chi connectivity index (χ3n) is 7.48. The van der Waals surface area contributed by atoms with Crippen molar-refractivity contribution in [2.45, 2.75) is 0 Å². The Morgan fingerprint density at radius 1 is 0.949 bits per heavy atom. The Kier molecular flexibility index (Phi) is 7.66. The molecule has 1 saturated heterocycles. The second kappa shape index (κ2) is 11.3. The Balaban J connectivity index is 1.19. The number of piperazine rings is 1. The van der Waals surface area contributed by atoms with Crippen molar-refractivity contribution in [1.82, 2.24) is 23.3 Å². The van der Waals surface area contributed by atoms with Crippen molar-refractivity contribution in [2.75, 3.05) is 46.4 Å². The number of nitrogens with zero attached hydrogens (tertiary/aromatic N) is 5. The van der Waals surface area contributed by atoms with Gasteiger partial charge in [0.05, 0.1) is 11.2 Å². The second-order valence-corrected chi connectivity index (χ2v) is 11.8. The first-order valence-electron chi connectivity index (χ1n) is 13.1. The lowest BCUT2D eigenvalue weighted by atomic mass is 10.0. The SMILES string of the molecule is CN1CCN(CCOc2ccc(-c3ccc4cc(-c5cn(C)c(=O)c6c5ccn6SI)ccc4n3)cc2)CC1. The Labute approximate surface area is 244 Å². The van der Waals surface area contributed by atoms with Gasteiger partial charge < -0.3 is 14.2 Å². The largest absolute Gasteiger partial charge is 0.492 e. The molecule has 200 valence electrons. The first-order chi connectivity index (χ1) is 19.0. The maximum atomic E-state index is 12.8. The molecule has 0 amide bonds. The molecule has 2 aromatic carbocycles. The van der Waals surface area contributed by atoms with Crippen molar-refractivity contribution in [1.29, 1.82) is 0 Å². The molecule has 0 spiro atoms. The predicted octanol–water partition coefficient (Wildman–Crippen LogP) is 5.69. The molecule has 1 fully saturated rings. The predicted molar refractivity (Wildman–Crippen MR) is 170 cm³/mol. The maximum Gasteiger partial charge on any atom is 0.275 e. The van der Waals surface area contributed by atoms with Crippen LogP contribution in [-0.4, -0.2) is 69.7 Å². The number of fused-ring (bicyclic) bond motifs is 2.